The molecule has 0 unspecified atom stereocenters. The quantitative estimate of drug-likeness (QED) is 0.820. The number of ether oxygens (including phenoxy) is 1. The van der Waals surface area contributed by atoms with Crippen molar-refractivity contribution in [2.24, 2.45) is 5.92 Å². The zero-order valence-corrected chi connectivity index (χ0v) is 14.6. The van der Waals surface area contributed by atoms with Gasteiger partial charge in [0.1, 0.15) is 16.6 Å². The zero-order valence-electron chi connectivity index (χ0n) is 13.8. The van der Waals surface area contributed by atoms with E-state index < -0.39 is 5.60 Å². The summed E-state index contributed by atoms with van der Waals surface area (Å²) in [5.74, 6) is 1.22. The van der Waals surface area contributed by atoms with Crippen molar-refractivity contribution in [3.8, 4) is 0 Å². The van der Waals surface area contributed by atoms with E-state index in [2.05, 4.69) is 20.2 Å². The number of anilines is 2. The van der Waals surface area contributed by atoms with Gasteiger partial charge in [-0.1, -0.05) is 11.6 Å². The Bertz CT molecular complexity index is 541. The normalized spacial score (nSPS) is 18.6. The Balaban J connectivity index is 1.89. The summed E-state index contributed by atoms with van der Waals surface area (Å²) >= 11 is 5.94. The zero-order chi connectivity index (χ0) is 17.0. The van der Waals surface area contributed by atoms with Crippen LogP contribution >= 0.6 is 11.6 Å². The van der Waals surface area contributed by atoms with E-state index in [1.165, 1.54) is 0 Å². The molecule has 1 aliphatic heterocycles. The highest BCUT2D eigenvalue weighted by atomic mass is 35.5. The second-order valence-corrected chi connectivity index (χ2v) is 7.13. The van der Waals surface area contributed by atoms with E-state index in [1.54, 1.807) is 6.07 Å². The van der Waals surface area contributed by atoms with E-state index in [9.17, 15) is 4.79 Å². The number of hydrogen-bond acceptors (Lipinski definition) is 6. The maximum atomic E-state index is 11.7. The first-order valence-electron chi connectivity index (χ1n) is 7.75. The highest BCUT2D eigenvalue weighted by Gasteiger charge is 2.23. The Morgan fingerprint density at radius 2 is 2.26 bits per heavy atom. The summed E-state index contributed by atoms with van der Waals surface area (Å²) < 4.78 is 5.25. The Labute approximate surface area is 141 Å². The van der Waals surface area contributed by atoms with Gasteiger partial charge in [-0.05, 0) is 39.5 Å². The number of nitrogens with zero attached hydrogens (tertiary/aromatic N) is 3. The molecule has 8 heteroatoms. The van der Waals surface area contributed by atoms with Gasteiger partial charge in [0.05, 0.1) is 0 Å². The molecule has 0 radical (unpaired) electrons. The third kappa shape index (κ3) is 5.74. The lowest BCUT2D eigenvalue weighted by molar-refractivity contribution is 0.0517. The summed E-state index contributed by atoms with van der Waals surface area (Å²) in [4.78, 5) is 22.0. The van der Waals surface area contributed by atoms with Crippen molar-refractivity contribution >= 4 is 29.5 Å². The van der Waals surface area contributed by atoms with Gasteiger partial charge in [-0.3, -0.25) is 0 Å². The minimum atomic E-state index is -0.488. The lowest BCUT2D eigenvalue weighted by Crippen LogP contribution is -2.42. The number of nitrogens with one attached hydrogen (secondary N) is 1. The van der Waals surface area contributed by atoms with Crippen LogP contribution in [0.3, 0.4) is 0 Å². The van der Waals surface area contributed by atoms with Gasteiger partial charge in [0.2, 0.25) is 5.95 Å². The highest BCUT2D eigenvalue weighted by molar-refractivity contribution is 6.29. The number of rotatable bonds is 3. The Kier molecular flexibility index (Phi) is 5.51. The molecule has 23 heavy (non-hydrogen) atoms. The van der Waals surface area contributed by atoms with Crippen LogP contribution in [-0.4, -0.2) is 41.3 Å². The molecule has 0 aliphatic carbocycles. The van der Waals surface area contributed by atoms with Crippen LogP contribution in [0.2, 0.25) is 5.15 Å². The molecular weight excluding hydrogens is 318 g/mol. The summed E-state index contributed by atoms with van der Waals surface area (Å²) in [6.45, 7) is 7.77. The third-order valence-electron chi connectivity index (χ3n) is 3.48. The first-order chi connectivity index (χ1) is 10.7. The number of alkyl carbamates (subject to hydrolysis) is 1. The number of piperidine rings is 1. The van der Waals surface area contributed by atoms with Crippen molar-refractivity contribution in [1.29, 1.82) is 0 Å². The molecule has 2 rings (SSSR count). The van der Waals surface area contributed by atoms with Gasteiger partial charge in [-0.25, -0.2) is 9.78 Å². The van der Waals surface area contributed by atoms with Crippen molar-refractivity contribution in [1.82, 2.24) is 15.3 Å². The predicted octanol–water partition coefficient (Wildman–Crippen LogP) is 2.45. The molecule has 1 saturated heterocycles. The maximum Gasteiger partial charge on any atom is 0.407 e. The topological polar surface area (TPSA) is 93.4 Å². The summed E-state index contributed by atoms with van der Waals surface area (Å²) in [5.41, 5.74) is 5.16. The number of amides is 1. The van der Waals surface area contributed by atoms with Gasteiger partial charge >= 0.3 is 6.09 Å². The average molecular weight is 342 g/mol. The molecule has 0 bridgehead atoms. The number of aromatic nitrogens is 2. The molecule has 0 spiro atoms. The minimum absolute atomic E-state index is 0.168. The maximum absolute atomic E-state index is 11.7. The van der Waals surface area contributed by atoms with E-state index in [4.69, 9.17) is 22.1 Å². The van der Waals surface area contributed by atoms with Gasteiger partial charge < -0.3 is 20.7 Å². The SMILES string of the molecule is CC(C)(C)OC(=O)NC[C@@H]1CCCN(c2cc(Cl)nc(N)n2)C1. The predicted molar refractivity (Wildman–Crippen MR) is 90.6 cm³/mol. The monoisotopic (exact) mass is 341 g/mol. The highest BCUT2D eigenvalue weighted by Crippen LogP contribution is 2.23. The summed E-state index contributed by atoms with van der Waals surface area (Å²) in [5, 5.41) is 3.17. The lowest BCUT2D eigenvalue weighted by Gasteiger charge is -2.33. The number of carbonyl (C=O) groups is 1. The van der Waals surface area contributed by atoms with Crippen molar-refractivity contribution in [2.75, 3.05) is 30.3 Å². The molecule has 2 heterocycles. The molecule has 1 aromatic rings. The molecule has 1 aliphatic rings. The molecule has 0 saturated carbocycles. The first-order valence-corrected chi connectivity index (χ1v) is 8.12. The van der Waals surface area contributed by atoms with E-state index in [0.717, 1.165) is 31.7 Å². The van der Waals surface area contributed by atoms with Crippen molar-refractivity contribution in [3.63, 3.8) is 0 Å². The van der Waals surface area contributed by atoms with Crippen molar-refractivity contribution in [3.05, 3.63) is 11.2 Å². The smallest absolute Gasteiger partial charge is 0.407 e. The fourth-order valence-electron chi connectivity index (χ4n) is 2.57. The molecular formula is C15H24ClN5O2. The van der Waals surface area contributed by atoms with Crippen LogP contribution in [0, 0.1) is 5.92 Å². The lowest BCUT2D eigenvalue weighted by atomic mass is 9.98. The molecule has 128 valence electrons. The molecule has 1 atom stereocenters. The fraction of sp³-hybridized carbons (Fsp3) is 0.667. The molecule has 0 aromatic carbocycles. The van der Waals surface area contributed by atoms with Gasteiger partial charge in [-0.15, -0.1) is 0 Å². The first kappa shape index (κ1) is 17.6. The Morgan fingerprint density at radius 1 is 1.52 bits per heavy atom. The summed E-state index contributed by atoms with van der Waals surface area (Å²) in [6, 6.07) is 1.71. The summed E-state index contributed by atoms with van der Waals surface area (Å²) in [6.07, 6.45) is 1.67. The second-order valence-electron chi connectivity index (χ2n) is 6.74. The van der Waals surface area contributed by atoms with E-state index in [-0.39, 0.29) is 12.0 Å². The van der Waals surface area contributed by atoms with E-state index >= 15 is 0 Å². The van der Waals surface area contributed by atoms with E-state index in [0.29, 0.717) is 17.6 Å². The molecule has 7 nitrogen and oxygen atoms in total. The van der Waals surface area contributed by atoms with Gasteiger partial charge in [-0.2, -0.15) is 4.98 Å². The van der Waals surface area contributed by atoms with Crippen LogP contribution < -0.4 is 16.0 Å². The minimum Gasteiger partial charge on any atom is -0.444 e. The third-order valence-corrected chi connectivity index (χ3v) is 3.67. The molecule has 3 N–H and O–H groups in total. The molecule has 1 aromatic heterocycles. The summed E-state index contributed by atoms with van der Waals surface area (Å²) in [7, 11) is 0. The van der Waals surface area contributed by atoms with Crippen molar-refractivity contribution < 1.29 is 9.53 Å². The standard InChI is InChI=1S/C15H24ClN5O2/c1-15(2,3)23-14(22)18-8-10-5-4-6-21(9-10)12-7-11(16)19-13(17)20-12/h7,10H,4-6,8-9H2,1-3H3,(H,18,22)(H2,17,19,20)/t10-/m0/s1. The van der Waals surface area contributed by atoms with Gasteiger partial charge in [0.25, 0.3) is 0 Å². The molecule has 1 amide bonds. The van der Waals surface area contributed by atoms with Gasteiger partial charge in [0.15, 0.2) is 0 Å². The van der Waals surface area contributed by atoms with Crippen LogP contribution in [0.5, 0.6) is 0 Å². The Hall–Kier alpha value is -1.76. The molecule has 1 fully saturated rings. The van der Waals surface area contributed by atoms with Crippen LogP contribution in [0.1, 0.15) is 33.6 Å². The number of carbonyl (C=O) groups excluding carboxylic acids is 1. The fourth-order valence-corrected chi connectivity index (χ4v) is 2.75. The van der Waals surface area contributed by atoms with Crippen LogP contribution in [0.15, 0.2) is 6.07 Å². The largest absolute Gasteiger partial charge is 0.444 e. The van der Waals surface area contributed by atoms with Crippen LogP contribution in [0.4, 0.5) is 16.6 Å². The van der Waals surface area contributed by atoms with Gasteiger partial charge in [0, 0.05) is 25.7 Å². The van der Waals surface area contributed by atoms with E-state index in [1.807, 2.05) is 20.8 Å². The number of nitrogen functional groups attached to an aromatic ring is 1. The van der Waals surface area contributed by atoms with Crippen LogP contribution in [0.25, 0.3) is 0 Å². The number of hydrogen-bond donors (Lipinski definition) is 2. The van der Waals surface area contributed by atoms with Crippen molar-refractivity contribution in [2.45, 2.75) is 39.2 Å². The second kappa shape index (κ2) is 7.21. The van der Waals surface area contributed by atoms with Crippen LogP contribution in [-0.2, 0) is 4.74 Å². The Morgan fingerprint density at radius 3 is 2.91 bits per heavy atom. The number of halogens is 1. The average Bonchev–Trinajstić information content (AvgIpc) is 2.43. The number of nitrogens with two attached hydrogens (primary N) is 1.